The first kappa shape index (κ1) is 12.9. The second kappa shape index (κ2) is 5.86. The number of hydrogen-bond donors (Lipinski definition) is 2. The maximum Gasteiger partial charge on any atom is 0.229 e. The van der Waals surface area contributed by atoms with E-state index in [1.54, 1.807) is 20.3 Å². The van der Waals surface area contributed by atoms with E-state index in [-0.39, 0.29) is 12.1 Å². The van der Waals surface area contributed by atoms with Gasteiger partial charge in [0.15, 0.2) is 0 Å². The van der Waals surface area contributed by atoms with Crippen molar-refractivity contribution in [2.75, 3.05) is 19.5 Å². The molecule has 0 aliphatic heterocycles. The molecule has 2 unspecified atom stereocenters. The zero-order valence-electron chi connectivity index (χ0n) is 10.8. The fourth-order valence-electron chi connectivity index (χ4n) is 2.18. The highest BCUT2D eigenvalue weighted by molar-refractivity contribution is 5.35. The summed E-state index contributed by atoms with van der Waals surface area (Å²) in [5.74, 6) is 1.47. The van der Waals surface area contributed by atoms with Gasteiger partial charge in [0.2, 0.25) is 17.7 Å². The van der Waals surface area contributed by atoms with Crippen LogP contribution in [-0.4, -0.2) is 36.3 Å². The van der Waals surface area contributed by atoms with Gasteiger partial charge in [-0.15, -0.1) is 0 Å². The maximum atomic E-state index is 6.09. The molecule has 18 heavy (non-hydrogen) atoms. The Labute approximate surface area is 107 Å². The van der Waals surface area contributed by atoms with Crippen LogP contribution in [0, 0.1) is 0 Å². The highest BCUT2D eigenvalue weighted by Crippen LogP contribution is 2.22. The van der Waals surface area contributed by atoms with E-state index in [2.05, 4.69) is 15.3 Å². The lowest BCUT2D eigenvalue weighted by Gasteiger charge is -2.29. The summed E-state index contributed by atoms with van der Waals surface area (Å²) >= 11 is 0. The topological polar surface area (TPSA) is 82.3 Å². The second-order valence-corrected chi connectivity index (χ2v) is 4.48. The molecule has 1 aromatic heterocycles. The normalized spacial score (nSPS) is 23.5. The van der Waals surface area contributed by atoms with E-state index in [1.165, 1.54) is 12.8 Å². The van der Waals surface area contributed by atoms with Gasteiger partial charge in [-0.3, -0.25) is 0 Å². The number of anilines is 1. The Hall–Kier alpha value is -1.56. The average Bonchev–Trinajstić information content (AvgIpc) is 2.41. The minimum atomic E-state index is 0.152. The summed E-state index contributed by atoms with van der Waals surface area (Å²) in [6, 6.07) is 2.02. The van der Waals surface area contributed by atoms with Crippen LogP contribution in [0.15, 0.2) is 6.07 Å². The molecule has 1 aromatic rings. The van der Waals surface area contributed by atoms with E-state index < -0.39 is 0 Å². The van der Waals surface area contributed by atoms with Crippen LogP contribution in [0.25, 0.3) is 0 Å². The fraction of sp³-hybridized carbons (Fsp3) is 0.667. The first-order valence-electron chi connectivity index (χ1n) is 6.22. The van der Waals surface area contributed by atoms with Crippen LogP contribution in [0.4, 0.5) is 5.95 Å². The number of rotatable bonds is 4. The van der Waals surface area contributed by atoms with Crippen LogP contribution in [-0.2, 0) is 0 Å². The highest BCUT2D eigenvalue weighted by Gasteiger charge is 2.22. The van der Waals surface area contributed by atoms with Gasteiger partial charge >= 0.3 is 0 Å². The predicted octanol–water partition coefficient (Wildman–Crippen LogP) is 1.18. The smallest absolute Gasteiger partial charge is 0.229 e. The summed E-state index contributed by atoms with van der Waals surface area (Å²) in [6.45, 7) is 0. The van der Waals surface area contributed by atoms with Crippen molar-refractivity contribution in [3.63, 3.8) is 0 Å². The summed E-state index contributed by atoms with van der Waals surface area (Å²) in [6.07, 6.45) is 4.47. The van der Waals surface area contributed by atoms with Gasteiger partial charge in [0.1, 0.15) is 0 Å². The Morgan fingerprint density at radius 2 is 1.78 bits per heavy atom. The number of nitrogens with two attached hydrogens (primary N) is 1. The third-order valence-corrected chi connectivity index (χ3v) is 3.23. The average molecular weight is 252 g/mol. The van der Waals surface area contributed by atoms with Gasteiger partial charge < -0.3 is 20.5 Å². The molecule has 0 amide bonds. The van der Waals surface area contributed by atoms with Crippen molar-refractivity contribution in [3.8, 4) is 11.8 Å². The molecule has 1 heterocycles. The van der Waals surface area contributed by atoms with Gasteiger partial charge in [0, 0.05) is 12.1 Å². The predicted molar refractivity (Wildman–Crippen MR) is 69.0 cm³/mol. The summed E-state index contributed by atoms with van der Waals surface area (Å²) < 4.78 is 10.2. The maximum absolute atomic E-state index is 6.09. The first-order chi connectivity index (χ1) is 8.72. The monoisotopic (exact) mass is 252 g/mol. The van der Waals surface area contributed by atoms with Crippen molar-refractivity contribution < 1.29 is 9.47 Å². The number of aromatic nitrogens is 2. The molecular formula is C12H20N4O2. The lowest BCUT2D eigenvalue weighted by Crippen LogP contribution is -2.42. The molecule has 1 fully saturated rings. The molecule has 1 aliphatic rings. The third kappa shape index (κ3) is 3.01. The van der Waals surface area contributed by atoms with E-state index in [0.29, 0.717) is 17.7 Å². The van der Waals surface area contributed by atoms with Crippen molar-refractivity contribution in [2.45, 2.75) is 37.8 Å². The lowest BCUT2D eigenvalue weighted by molar-refractivity contribution is 0.369. The van der Waals surface area contributed by atoms with Crippen molar-refractivity contribution in [1.29, 1.82) is 0 Å². The molecule has 0 bridgehead atoms. The molecule has 2 rings (SSSR count). The Balaban J connectivity index is 2.12. The molecule has 0 saturated heterocycles. The van der Waals surface area contributed by atoms with E-state index in [1.807, 2.05) is 0 Å². The zero-order chi connectivity index (χ0) is 13.0. The summed E-state index contributed by atoms with van der Waals surface area (Å²) in [5.41, 5.74) is 6.09. The molecule has 6 heteroatoms. The van der Waals surface area contributed by atoms with E-state index in [0.717, 1.165) is 12.8 Å². The Morgan fingerprint density at radius 3 is 2.33 bits per heavy atom. The third-order valence-electron chi connectivity index (χ3n) is 3.23. The van der Waals surface area contributed by atoms with Crippen LogP contribution in [0.3, 0.4) is 0 Å². The van der Waals surface area contributed by atoms with Crippen LogP contribution in [0.5, 0.6) is 11.8 Å². The van der Waals surface area contributed by atoms with Crippen molar-refractivity contribution in [2.24, 2.45) is 5.73 Å². The Bertz CT molecular complexity index is 377. The van der Waals surface area contributed by atoms with Crippen LogP contribution in [0.1, 0.15) is 25.7 Å². The molecule has 3 N–H and O–H groups in total. The molecule has 0 spiro atoms. The molecule has 0 aromatic carbocycles. The first-order valence-corrected chi connectivity index (χ1v) is 6.22. The van der Waals surface area contributed by atoms with Gasteiger partial charge in [-0.1, -0.05) is 12.8 Å². The quantitative estimate of drug-likeness (QED) is 0.837. The van der Waals surface area contributed by atoms with Crippen LogP contribution in [0.2, 0.25) is 0 Å². The number of nitrogens with one attached hydrogen (secondary N) is 1. The van der Waals surface area contributed by atoms with Crippen molar-refractivity contribution in [1.82, 2.24) is 9.97 Å². The summed E-state index contributed by atoms with van der Waals surface area (Å²) in [4.78, 5) is 8.50. The van der Waals surface area contributed by atoms with Gasteiger partial charge in [-0.05, 0) is 12.8 Å². The van der Waals surface area contributed by atoms with Gasteiger partial charge in [-0.25, -0.2) is 0 Å². The number of hydrogen-bond acceptors (Lipinski definition) is 6. The second-order valence-electron chi connectivity index (χ2n) is 4.48. The van der Waals surface area contributed by atoms with E-state index in [4.69, 9.17) is 15.2 Å². The molecular weight excluding hydrogens is 232 g/mol. The molecule has 1 aliphatic carbocycles. The molecule has 1 saturated carbocycles. The lowest BCUT2D eigenvalue weighted by atomic mass is 9.91. The fourth-order valence-corrected chi connectivity index (χ4v) is 2.18. The number of methoxy groups -OCH3 is 2. The highest BCUT2D eigenvalue weighted by atomic mass is 16.5. The van der Waals surface area contributed by atoms with Crippen molar-refractivity contribution >= 4 is 5.95 Å². The summed E-state index contributed by atoms with van der Waals surface area (Å²) in [7, 11) is 3.13. The minimum absolute atomic E-state index is 0.152. The molecule has 100 valence electrons. The Morgan fingerprint density at radius 1 is 1.17 bits per heavy atom. The number of ether oxygens (including phenoxy) is 2. The van der Waals surface area contributed by atoms with Gasteiger partial charge in [-0.2, -0.15) is 9.97 Å². The minimum Gasteiger partial charge on any atom is -0.481 e. The van der Waals surface area contributed by atoms with Gasteiger partial charge in [0.25, 0.3) is 0 Å². The number of nitrogens with zero attached hydrogens (tertiary/aromatic N) is 2. The Kier molecular flexibility index (Phi) is 4.19. The van der Waals surface area contributed by atoms with Crippen LogP contribution < -0.4 is 20.5 Å². The molecule has 6 nitrogen and oxygen atoms in total. The summed E-state index contributed by atoms with van der Waals surface area (Å²) in [5, 5.41) is 3.27. The van der Waals surface area contributed by atoms with E-state index in [9.17, 15) is 0 Å². The largest absolute Gasteiger partial charge is 0.481 e. The van der Waals surface area contributed by atoms with E-state index >= 15 is 0 Å². The van der Waals surface area contributed by atoms with Gasteiger partial charge in [0.05, 0.1) is 20.3 Å². The van der Waals surface area contributed by atoms with Crippen molar-refractivity contribution in [3.05, 3.63) is 6.07 Å². The standard InChI is InChI=1S/C12H20N4O2/c1-17-10-7-11(18-2)16-12(15-10)14-9-6-4-3-5-8(9)13/h7-9H,3-6,13H2,1-2H3,(H,14,15,16). The zero-order valence-corrected chi connectivity index (χ0v) is 10.8. The molecule has 2 atom stereocenters. The SMILES string of the molecule is COc1cc(OC)nc(NC2CCCCC2N)n1. The molecule has 0 radical (unpaired) electrons. The van der Waals surface area contributed by atoms with Crippen LogP contribution >= 0.6 is 0 Å².